The average molecular weight is 150 g/mol. The van der Waals surface area contributed by atoms with Crippen LogP contribution < -0.4 is 0 Å². The maximum absolute atomic E-state index is 8.31. The van der Waals surface area contributed by atoms with E-state index in [1.165, 1.54) is 19.4 Å². The molecule has 0 aromatic heterocycles. The summed E-state index contributed by atoms with van der Waals surface area (Å²) in [5, 5.41) is 8.31. The van der Waals surface area contributed by atoms with Crippen LogP contribution in [0.5, 0.6) is 0 Å². The first kappa shape index (κ1) is 8.13. The van der Waals surface area contributed by atoms with Crippen LogP contribution in [0.15, 0.2) is 12.3 Å². The maximum Gasteiger partial charge on any atom is 0.0622 e. The lowest BCUT2D eigenvalue weighted by atomic mass is 10.2. The fourth-order valence-electron chi connectivity index (χ4n) is 1.26. The van der Waals surface area contributed by atoms with Gasteiger partial charge in [0, 0.05) is 19.5 Å². The van der Waals surface area contributed by atoms with Gasteiger partial charge in [-0.2, -0.15) is 5.26 Å². The Balaban J connectivity index is 2.11. The third-order valence-corrected chi connectivity index (χ3v) is 1.87. The third-order valence-electron chi connectivity index (χ3n) is 1.87. The first-order chi connectivity index (χ1) is 5.43. The summed E-state index contributed by atoms with van der Waals surface area (Å²) in [7, 11) is 0. The van der Waals surface area contributed by atoms with Crippen molar-refractivity contribution in [3.63, 3.8) is 0 Å². The molecule has 0 aromatic carbocycles. The molecule has 0 amide bonds. The molecule has 1 aliphatic rings. The average Bonchev–Trinajstić information content (AvgIpc) is 2.07. The van der Waals surface area contributed by atoms with Crippen molar-refractivity contribution in [2.45, 2.75) is 25.7 Å². The lowest BCUT2D eigenvalue weighted by molar-refractivity contribution is 0.351. The highest BCUT2D eigenvalue weighted by Crippen LogP contribution is 2.06. The number of nitriles is 1. The van der Waals surface area contributed by atoms with Crippen molar-refractivity contribution in [2.75, 3.05) is 13.1 Å². The smallest absolute Gasteiger partial charge is 0.0622 e. The predicted molar refractivity (Wildman–Crippen MR) is 44.8 cm³/mol. The van der Waals surface area contributed by atoms with Gasteiger partial charge in [0.25, 0.3) is 0 Å². The zero-order valence-electron chi connectivity index (χ0n) is 6.79. The van der Waals surface area contributed by atoms with E-state index in [0.29, 0.717) is 6.42 Å². The number of hydrogen-bond acceptors (Lipinski definition) is 2. The molecule has 0 aliphatic carbocycles. The minimum atomic E-state index is 0.685. The first-order valence-electron chi connectivity index (χ1n) is 4.21. The Kier molecular flexibility index (Phi) is 3.54. The van der Waals surface area contributed by atoms with Crippen molar-refractivity contribution >= 4 is 0 Å². The minimum Gasteiger partial charge on any atom is -0.378 e. The van der Waals surface area contributed by atoms with Gasteiger partial charge in [0.1, 0.15) is 0 Å². The van der Waals surface area contributed by atoms with Gasteiger partial charge in [0.15, 0.2) is 0 Å². The Bertz CT molecular complexity index is 167. The molecule has 2 nitrogen and oxygen atoms in total. The van der Waals surface area contributed by atoms with E-state index in [4.69, 9.17) is 5.26 Å². The van der Waals surface area contributed by atoms with Crippen molar-refractivity contribution in [1.29, 1.82) is 5.26 Å². The van der Waals surface area contributed by atoms with Gasteiger partial charge >= 0.3 is 0 Å². The molecule has 0 unspecified atom stereocenters. The van der Waals surface area contributed by atoms with E-state index < -0.39 is 0 Å². The number of nitrogens with zero attached hydrogens (tertiary/aromatic N) is 2. The summed E-state index contributed by atoms with van der Waals surface area (Å²) in [4.78, 5) is 2.29. The molecule has 60 valence electrons. The number of rotatable bonds is 3. The zero-order chi connectivity index (χ0) is 7.94. The number of hydrogen-bond donors (Lipinski definition) is 0. The van der Waals surface area contributed by atoms with E-state index in [2.05, 4.69) is 23.2 Å². The molecule has 0 bridgehead atoms. The lowest BCUT2D eigenvalue weighted by Gasteiger charge is -2.22. The third kappa shape index (κ3) is 3.08. The van der Waals surface area contributed by atoms with Crippen molar-refractivity contribution in [1.82, 2.24) is 4.90 Å². The van der Waals surface area contributed by atoms with E-state index in [-0.39, 0.29) is 0 Å². The molecule has 0 aromatic rings. The van der Waals surface area contributed by atoms with Gasteiger partial charge in [0.2, 0.25) is 0 Å². The van der Waals surface area contributed by atoms with E-state index in [1.54, 1.807) is 0 Å². The second kappa shape index (κ2) is 4.79. The van der Waals surface area contributed by atoms with Gasteiger partial charge in [0.05, 0.1) is 6.07 Å². The summed E-state index contributed by atoms with van der Waals surface area (Å²) in [6, 6.07) is 2.16. The van der Waals surface area contributed by atoms with Gasteiger partial charge < -0.3 is 4.90 Å². The van der Waals surface area contributed by atoms with E-state index in [1.807, 2.05) is 0 Å². The highest BCUT2D eigenvalue weighted by Gasteiger charge is 2.01. The van der Waals surface area contributed by atoms with Crippen LogP contribution in [0, 0.1) is 11.3 Å². The normalized spacial score (nSPS) is 16.5. The van der Waals surface area contributed by atoms with Crippen molar-refractivity contribution < 1.29 is 0 Å². The standard InChI is InChI=1S/C9H14N2/c10-6-2-5-9-11-7-3-1-4-8-11/h3,7H,1-2,4-5,8-9H2. The highest BCUT2D eigenvalue weighted by molar-refractivity contribution is 4.87. The van der Waals surface area contributed by atoms with E-state index in [9.17, 15) is 0 Å². The Morgan fingerprint density at radius 1 is 1.55 bits per heavy atom. The van der Waals surface area contributed by atoms with E-state index >= 15 is 0 Å². The summed E-state index contributed by atoms with van der Waals surface area (Å²) in [6.45, 7) is 2.21. The van der Waals surface area contributed by atoms with Crippen LogP contribution >= 0.6 is 0 Å². The number of allylic oxidation sites excluding steroid dienone is 1. The molecule has 1 aliphatic heterocycles. The van der Waals surface area contributed by atoms with Gasteiger partial charge in [-0.15, -0.1) is 0 Å². The fourth-order valence-corrected chi connectivity index (χ4v) is 1.26. The molecule has 0 atom stereocenters. The molecule has 0 radical (unpaired) electrons. The highest BCUT2D eigenvalue weighted by atomic mass is 15.1. The SMILES string of the molecule is N#CCCCN1C=CCCC1. The number of unbranched alkanes of at least 4 members (excludes halogenated alkanes) is 1. The molecule has 0 saturated carbocycles. The summed E-state index contributed by atoms with van der Waals surface area (Å²) >= 11 is 0. The Morgan fingerprint density at radius 3 is 3.09 bits per heavy atom. The van der Waals surface area contributed by atoms with Crippen LogP contribution in [0.2, 0.25) is 0 Å². The molecule has 0 fully saturated rings. The lowest BCUT2D eigenvalue weighted by Crippen LogP contribution is -2.21. The maximum atomic E-state index is 8.31. The van der Waals surface area contributed by atoms with Crippen LogP contribution in [0.4, 0.5) is 0 Å². The van der Waals surface area contributed by atoms with Gasteiger partial charge in [-0.25, -0.2) is 0 Å². The van der Waals surface area contributed by atoms with E-state index in [0.717, 1.165) is 13.0 Å². The molecule has 0 spiro atoms. The summed E-state index contributed by atoms with van der Waals surface area (Å²) in [6.07, 6.45) is 8.53. The molecule has 11 heavy (non-hydrogen) atoms. The zero-order valence-corrected chi connectivity index (χ0v) is 6.79. The Hall–Kier alpha value is -0.970. The molecular weight excluding hydrogens is 136 g/mol. The molecule has 0 N–H and O–H groups in total. The van der Waals surface area contributed by atoms with Crippen molar-refractivity contribution in [3.8, 4) is 6.07 Å². The fraction of sp³-hybridized carbons (Fsp3) is 0.667. The van der Waals surface area contributed by atoms with Gasteiger partial charge in [-0.3, -0.25) is 0 Å². The van der Waals surface area contributed by atoms with Crippen molar-refractivity contribution in [3.05, 3.63) is 12.3 Å². The van der Waals surface area contributed by atoms with Gasteiger partial charge in [-0.1, -0.05) is 6.08 Å². The first-order valence-corrected chi connectivity index (χ1v) is 4.21. The second-order valence-corrected chi connectivity index (χ2v) is 2.82. The monoisotopic (exact) mass is 150 g/mol. The molecule has 1 heterocycles. The summed E-state index contributed by atoms with van der Waals surface area (Å²) in [5.41, 5.74) is 0. The van der Waals surface area contributed by atoms with Crippen LogP contribution in [0.3, 0.4) is 0 Å². The minimum absolute atomic E-state index is 0.685. The molecular formula is C9H14N2. The Labute approximate surface area is 68.1 Å². The Morgan fingerprint density at radius 2 is 2.45 bits per heavy atom. The molecule has 2 heteroatoms. The quantitative estimate of drug-likeness (QED) is 0.574. The molecule has 1 rings (SSSR count). The van der Waals surface area contributed by atoms with Crippen LogP contribution in [0.1, 0.15) is 25.7 Å². The summed E-state index contributed by atoms with van der Waals surface area (Å²) in [5.74, 6) is 0. The van der Waals surface area contributed by atoms with Crippen LogP contribution in [-0.2, 0) is 0 Å². The van der Waals surface area contributed by atoms with Gasteiger partial charge in [-0.05, 0) is 25.5 Å². The predicted octanol–water partition coefficient (Wildman–Crippen LogP) is 1.90. The summed E-state index contributed by atoms with van der Waals surface area (Å²) < 4.78 is 0. The largest absolute Gasteiger partial charge is 0.378 e. The van der Waals surface area contributed by atoms with Crippen molar-refractivity contribution in [2.24, 2.45) is 0 Å². The molecule has 0 saturated heterocycles. The van der Waals surface area contributed by atoms with Crippen LogP contribution in [0.25, 0.3) is 0 Å². The second-order valence-electron chi connectivity index (χ2n) is 2.82. The topological polar surface area (TPSA) is 27.0 Å². The van der Waals surface area contributed by atoms with Crippen LogP contribution in [-0.4, -0.2) is 18.0 Å².